The minimum absolute atomic E-state index is 0.283. The van der Waals surface area contributed by atoms with E-state index in [1.54, 1.807) is 25.3 Å². The van der Waals surface area contributed by atoms with Crippen LogP contribution in [0.25, 0.3) is 0 Å². The summed E-state index contributed by atoms with van der Waals surface area (Å²) in [4.78, 5) is 11.1. The molecule has 0 aromatic heterocycles. The van der Waals surface area contributed by atoms with Crippen molar-refractivity contribution >= 4 is 11.7 Å². The van der Waals surface area contributed by atoms with Crippen LogP contribution in [0.4, 0.5) is 5.69 Å². The number of carboxylic acid groups (broad SMARTS) is 1. The lowest BCUT2D eigenvalue weighted by Gasteiger charge is -2.33. The highest BCUT2D eigenvalue weighted by molar-refractivity contribution is 5.89. The SMILES string of the molecule is COc1ccc(C(=O)O)cc1NC1CCC(C)C(C)C1. The molecule has 20 heavy (non-hydrogen) atoms. The summed E-state index contributed by atoms with van der Waals surface area (Å²) >= 11 is 0. The monoisotopic (exact) mass is 277 g/mol. The molecule has 3 unspecified atom stereocenters. The maximum atomic E-state index is 11.1. The molecule has 1 aliphatic carbocycles. The summed E-state index contributed by atoms with van der Waals surface area (Å²) in [5.74, 6) is 1.23. The molecule has 2 rings (SSSR count). The molecule has 1 aliphatic rings. The Labute approximate surface area is 120 Å². The van der Waals surface area contributed by atoms with Crippen molar-refractivity contribution in [3.8, 4) is 5.75 Å². The zero-order chi connectivity index (χ0) is 14.7. The van der Waals surface area contributed by atoms with Crippen LogP contribution in [-0.2, 0) is 0 Å². The Hall–Kier alpha value is -1.71. The highest BCUT2D eigenvalue weighted by Gasteiger charge is 2.25. The maximum Gasteiger partial charge on any atom is 0.335 e. The topological polar surface area (TPSA) is 58.6 Å². The van der Waals surface area contributed by atoms with Gasteiger partial charge in [-0.1, -0.05) is 13.8 Å². The van der Waals surface area contributed by atoms with Gasteiger partial charge in [-0.15, -0.1) is 0 Å². The molecule has 0 aliphatic heterocycles. The van der Waals surface area contributed by atoms with E-state index in [-0.39, 0.29) is 5.56 Å². The molecule has 1 aromatic rings. The first-order valence-electron chi connectivity index (χ1n) is 7.19. The highest BCUT2D eigenvalue weighted by atomic mass is 16.5. The van der Waals surface area contributed by atoms with Crippen molar-refractivity contribution < 1.29 is 14.6 Å². The number of anilines is 1. The van der Waals surface area contributed by atoms with E-state index in [9.17, 15) is 4.79 Å². The molecule has 0 spiro atoms. The van der Waals surface area contributed by atoms with Gasteiger partial charge in [0.2, 0.25) is 0 Å². The number of carbonyl (C=O) groups is 1. The van der Waals surface area contributed by atoms with Gasteiger partial charge in [-0.3, -0.25) is 0 Å². The minimum atomic E-state index is -0.915. The molecule has 110 valence electrons. The fourth-order valence-electron chi connectivity index (χ4n) is 2.85. The molecule has 0 saturated heterocycles. The standard InChI is InChI=1S/C16H23NO3/c1-10-4-6-13(8-11(10)2)17-14-9-12(16(18)19)5-7-15(14)20-3/h5,7,9-11,13,17H,4,6,8H2,1-3H3,(H,18,19). The quantitative estimate of drug-likeness (QED) is 0.882. The van der Waals surface area contributed by atoms with Gasteiger partial charge >= 0.3 is 5.97 Å². The van der Waals surface area contributed by atoms with E-state index in [1.807, 2.05) is 0 Å². The van der Waals surface area contributed by atoms with Gasteiger partial charge < -0.3 is 15.2 Å². The third kappa shape index (κ3) is 3.24. The van der Waals surface area contributed by atoms with Crippen molar-refractivity contribution in [3.63, 3.8) is 0 Å². The number of methoxy groups -OCH3 is 1. The first-order valence-corrected chi connectivity index (χ1v) is 7.19. The Morgan fingerprint density at radius 1 is 1.30 bits per heavy atom. The van der Waals surface area contributed by atoms with E-state index in [0.29, 0.717) is 17.7 Å². The summed E-state index contributed by atoms with van der Waals surface area (Å²) in [6, 6.07) is 5.32. The summed E-state index contributed by atoms with van der Waals surface area (Å²) in [6.07, 6.45) is 3.44. The summed E-state index contributed by atoms with van der Waals surface area (Å²) in [5, 5.41) is 12.5. The van der Waals surface area contributed by atoms with Crippen molar-refractivity contribution in [2.24, 2.45) is 11.8 Å². The summed E-state index contributed by atoms with van der Waals surface area (Å²) in [6.45, 7) is 4.58. The number of nitrogens with one attached hydrogen (secondary N) is 1. The molecule has 1 fully saturated rings. The number of ether oxygens (including phenoxy) is 1. The average molecular weight is 277 g/mol. The van der Waals surface area contributed by atoms with Gasteiger partial charge in [-0.05, 0) is 49.3 Å². The van der Waals surface area contributed by atoms with Gasteiger partial charge in [0.05, 0.1) is 18.4 Å². The summed E-state index contributed by atoms with van der Waals surface area (Å²) < 4.78 is 5.31. The van der Waals surface area contributed by atoms with E-state index >= 15 is 0 Å². The van der Waals surface area contributed by atoms with E-state index < -0.39 is 5.97 Å². The molecular weight excluding hydrogens is 254 g/mol. The predicted octanol–water partition coefficient (Wildman–Crippen LogP) is 3.63. The number of aromatic carboxylic acids is 1. The number of carboxylic acids is 1. The molecule has 4 nitrogen and oxygen atoms in total. The largest absolute Gasteiger partial charge is 0.495 e. The van der Waals surface area contributed by atoms with Crippen LogP contribution in [0, 0.1) is 11.8 Å². The molecular formula is C16H23NO3. The van der Waals surface area contributed by atoms with Crippen LogP contribution in [0.1, 0.15) is 43.5 Å². The lowest BCUT2D eigenvalue weighted by atomic mass is 9.79. The molecule has 0 heterocycles. The third-order valence-corrected chi connectivity index (χ3v) is 4.40. The lowest BCUT2D eigenvalue weighted by molar-refractivity contribution is 0.0697. The number of hydrogen-bond acceptors (Lipinski definition) is 3. The zero-order valence-electron chi connectivity index (χ0n) is 12.3. The second kappa shape index (κ2) is 6.16. The van der Waals surface area contributed by atoms with Crippen molar-refractivity contribution in [2.45, 2.75) is 39.2 Å². The van der Waals surface area contributed by atoms with Crippen molar-refractivity contribution in [1.82, 2.24) is 0 Å². The number of hydrogen-bond donors (Lipinski definition) is 2. The Kier molecular flexibility index (Phi) is 4.53. The first kappa shape index (κ1) is 14.7. The molecule has 0 bridgehead atoms. The Morgan fingerprint density at radius 2 is 2.05 bits per heavy atom. The Morgan fingerprint density at radius 3 is 2.65 bits per heavy atom. The lowest BCUT2D eigenvalue weighted by Crippen LogP contribution is -2.30. The second-order valence-corrected chi connectivity index (χ2v) is 5.83. The van der Waals surface area contributed by atoms with Crippen LogP contribution in [0.3, 0.4) is 0 Å². The van der Waals surface area contributed by atoms with Crippen LogP contribution in [0.15, 0.2) is 18.2 Å². The highest BCUT2D eigenvalue weighted by Crippen LogP contribution is 2.33. The summed E-state index contributed by atoms with van der Waals surface area (Å²) in [5.41, 5.74) is 1.06. The average Bonchev–Trinajstić information content (AvgIpc) is 2.42. The molecule has 4 heteroatoms. The van der Waals surface area contributed by atoms with Gasteiger partial charge in [0.1, 0.15) is 5.75 Å². The van der Waals surface area contributed by atoms with E-state index in [1.165, 1.54) is 6.42 Å². The number of rotatable bonds is 4. The van der Waals surface area contributed by atoms with Crippen LogP contribution in [0.2, 0.25) is 0 Å². The molecule has 0 amide bonds. The van der Waals surface area contributed by atoms with Crippen molar-refractivity contribution in [3.05, 3.63) is 23.8 Å². The fourth-order valence-corrected chi connectivity index (χ4v) is 2.85. The van der Waals surface area contributed by atoms with Crippen LogP contribution in [0.5, 0.6) is 5.75 Å². The molecule has 2 N–H and O–H groups in total. The number of benzene rings is 1. The first-order chi connectivity index (χ1) is 9.51. The molecule has 1 aromatic carbocycles. The van der Waals surface area contributed by atoms with Crippen molar-refractivity contribution in [2.75, 3.05) is 12.4 Å². The van der Waals surface area contributed by atoms with E-state index in [4.69, 9.17) is 9.84 Å². The maximum absolute atomic E-state index is 11.1. The fraction of sp³-hybridized carbons (Fsp3) is 0.562. The molecule has 0 radical (unpaired) electrons. The second-order valence-electron chi connectivity index (χ2n) is 5.83. The van der Waals surface area contributed by atoms with Crippen LogP contribution in [-0.4, -0.2) is 24.2 Å². The van der Waals surface area contributed by atoms with Crippen LogP contribution >= 0.6 is 0 Å². The third-order valence-electron chi connectivity index (χ3n) is 4.40. The summed E-state index contributed by atoms with van der Waals surface area (Å²) in [7, 11) is 1.60. The molecule has 3 atom stereocenters. The minimum Gasteiger partial charge on any atom is -0.495 e. The van der Waals surface area contributed by atoms with Gasteiger partial charge in [0.25, 0.3) is 0 Å². The van der Waals surface area contributed by atoms with E-state index in [0.717, 1.165) is 24.4 Å². The zero-order valence-corrected chi connectivity index (χ0v) is 12.3. The predicted molar refractivity (Wildman–Crippen MR) is 79.5 cm³/mol. The molecule has 1 saturated carbocycles. The van der Waals surface area contributed by atoms with E-state index in [2.05, 4.69) is 19.2 Å². The van der Waals surface area contributed by atoms with Gasteiger partial charge in [0.15, 0.2) is 0 Å². The van der Waals surface area contributed by atoms with Gasteiger partial charge in [-0.25, -0.2) is 4.79 Å². The van der Waals surface area contributed by atoms with Crippen molar-refractivity contribution in [1.29, 1.82) is 0 Å². The van der Waals surface area contributed by atoms with Crippen LogP contribution < -0.4 is 10.1 Å². The smallest absolute Gasteiger partial charge is 0.335 e. The Bertz CT molecular complexity index is 487. The van der Waals surface area contributed by atoms with Gasteiger partial charge in [0, 0.05) is 6.04 Å². The van der Waals surface area contributed by atoms with Gasteiger partial charge in [-0.2, -0.15) is 0 Å². The normalized spacial score (nSPS) is 26.1. The Balaban J connectivity index is 2.15.